The van der Waals surface area contributed by atoms with E-state index in [-0.39, 0.29) is 12.5 Å². The van der Waals surface area contributed by atoms with Crippen molar-refractivity contribution in [2.75, 3.05) is 40.0 Å². The summed E-state index contributed by atoms with van der Waals surface area (Å²) in [5.41, 5.74) is 1.40. The molecule has 1 aromatic rings. The van der Waals surface area contributed by atoms with Crippen molar-refractivity contribution in [3.05, 3.63) is 35.4 Å². The van der Waals surface area contributed by atoms with E-state index in [9.17, 15) is 9.59 Å². The highest BCUT2D eigenvalue weighted by molar-refractivity contribution is 5.87. The van der Waals surface area contributed by atoms with Crippen LogP contribution in [-0.4, -0.2) is 61.9 Å². The molecule has 1 heterocycles. The first kappa shape index (κ1) is 17.4. The maximum Gasteiger partial charge on any atom is 0.335 e. The molecule has 0 aromatic heterocycles. The Bertz CT molecular complexity index is 528. The van der Waals surface area contributed by atoms with Gasteiger partial charge in [-0.1, -0.05) is 12.1 Å². The fraction of sp³-hybridized carbons (Fsp3) is 0.529. The molecular weight excluding hydrogens is 298 g/mol. The van der Waals surface area contributed by atoms with Gasteiger partial charge in [-0.3, -0.25) is 4.79 Å². The second-order valence-electron chi connectivity index (χ2n) is 5.75. The predicted octanol–water partition coefficient (Wildman–Crippen LogP) is 1.44. The molecule has 1 aliphatic heterocycles. The first-order chi connectivity index (χ1) is 11.1. The lowest BCUT2D eigenvalue weighted by Gasteiger charge is -2.16. The Balaban J connectivity index is 1.76. The molecule has 1 fully saturated rings. The Kier molecular flexibility index (Phi) is 6.55. The summed E-state index contributed by atoms with van der Waals surface area (Å²) in [6.07, 6.45) is 1.82. The number of nitrogens with zero attached hydrogens (tertiary/aromatic N) is 1. The molecule has 0 radical (unpaired) electrons. The summed E-state index contributed by atoms with van der Waals surface area (Å²) in [7, 11) is 1.60. The molecule has 6 nitrogen and oxygen atoms in total. The van der Waals surface area contributed by atoms with Gasteiger partial charge in [-0.15, -0.1) is 0 Å². The van der Waals surface area contributed by atoms with Crippen molar-refractivity contribution in [2.45, 2.75) is 12.8 Å². The molecular formula is C17H23NO5. The largest absolute Gasteiger partial charge is 0.478 e. The minimum atomic E-state index is -0.914. The summed E-state index contributed by atoms with van der Waals surface area (Å²) in [6.45, 7) is 2.50. The number of amides is 1. The van der Waals surface area contributed by atoms with E-state index in [0.717, 1.165) is 31.5 Å². The van der Waals surface area contributed by atoms with Gasteiger partial charge in [-0.05, 0) is 36.5 Å². The summed E-state index contributed by atoms with van der Waals surface area (Å²) in [6, 6.07) is 6.95. The van der Waals surface area contributed by atoms with Crippen LogP contribution in [0, 0.1) is 5.92 Å². The number of carbonyl (C=O) groups excluding carboxylic acids is 1. The second kappa shape index (κ2) is 8.64. The van der Waals surface area contributed by atoms with Crippen LogP contribution >= 0.6 is 0 Å². The zero-order chi connectivity index (χ0) is 16.7. The normalized spacial score (nSPS) is 17.4. The SMILES string of the molecule is COCCOCC(=O)N1CCC(Cc2ccc(C(=O)O)cc2)C1. The summed E-state index contributed by atoms with van der Waals surface area (Å²) in [5, 5.41) is 8.90. The van der Waals surface area contributed by atoms with E-state index in [1.807, 2.05) is 17.0 Å². The molecule has 1 saturated heterocycles. The first-order valence-electron chi connectivity index (χ1n) is 7.77. The molecule has 2 rings (SSSR count). The van der Waals surface area contributed by atoms with Crippen LogP contribution in [0.15, 0.2) is 24.3 Å². The zero-order valence-corrected chi connectivity index (χ0v) is 13.4. The van der Waals surface area contributed by atoms with Gasteiger partial charge in [0.15, 0.2) is 0 Å². The molecule has 126 valence electrons. The van der Waals surface area contributed by atoms with Gasteiger partial charge in [0.2, 0.25) is 5.91 Å². The molecule has 23 heavy (non-hydrogen) atoms. The van der Waals surface area contributed by atoms with E-state index in [2.05, 4.69) is 0 Å². The van der Waals surface area contributed by atoms with E-state index in [1.165, 1.54) is 0 Å². The average molecular weight is 321 g/mol. The standard InChI is InChI=1S/C17H23NO5/c1-22-8-9-23-12-16(19)18-7-6-14(11-18)10-13-2-4-15(5-3-13)17(20)21/h2-5,14H,6-12H2,1H3,(H,20,21). The maximum absolute atomic E-state index is 12.0. The number of hydrogen-bond acceptors (Lipinski definition) is 4. The van der Waals surface area contributed by atoms with Crippen LogP contribution in [0.5, 0.6) is 0 Å². The molecule has 0 saturated carbocycles. The number of ether oxygens (including phenoxy) is 2. The van der Waals surface area contributed by atoms with Crippen LogP contribution in [0.2, 0.25) is 0 Å². The number of carboxylic acids is 1. The minimum absolute atomic E-state index is 0.0184. The number of aromatic carboxylic acids is 1. The molecule has 1 amide bonds. The highest BCUT2D eigenvalue weighted by Gasteiger charge is 2.26. The smallest absolute Gasteiger partial charge is 0.335 e. The van der Waals surface area contributed by atoms with Crippen molar-refractivity contribution in [1.82, 2.24) is 4.90 Å². The predicted molar refractivity (Wildman–Crippen MR) is 84.5 cm³/mol. The van der Waals surface area contributed by atoms with Gasteiger partial charge in [0, 0.05) is 20.2 Å². The van der Waals surface area contributed by atoms with Gasteiger partial charge < -0.3 is 19.5 Å². The second-order valence-corrected chi connectivity index (χ2v) is 5.75. The lowest BCUT2D eigenvalue weighted by Crippen LogP contribution is -2.32. The van der Waals surface area contributed by atoms with E-state index in [0.29, 0.717) is 24.7 Å². The van der Waals surface area contributed by atoms with Crippen LogP contribution in [-0.2, 0) is 20.7 Å². The molecule has 0 aliphatic carbocycles. The number of rotatable bonds is 8. The Labute approximate surface area is 136 Å². The number of hydrogen-bond donors (Lipinski definition) is 1. The molecule has 1 aliphatic rings. The summed E-state index contributed by atoms with van der Waals surface area (Å²) >= 11 is 0. The third-order valence-electron chi connectivity index (χ3n) is 4.02. The first-order valence-corrected chi connectivity index (χ1v) is 7.77. The average Bonchev–Trinajstić information content (AvgIpc) is 3.00. The van der Waals surface area contributed by atoms with E-state index >= 15 is 0 Å². The number of carboxylic acid groups (broad SMARTS) is 1. The third kappa shape index (κ3) is 5.33. The summed E-state index contributed by atoms with van der Waals surface area (Å²) in [5.74, 6) is -0.485. The van der Waals surface area contributed by atoms with Crippen molar-refractivity contribution in [3.8, 4) is 0 Å². The highest BCUT2D eigenvalue weighted by atomic mass is 16.5. The summed E-state index contributed by atoms with van der Waals surface area (Å²) < 4.78 is 10.1. The van der Waals surface area contributed by atoms with E-state index in [1.54, 1.807) is 19.2 Å². The van der Waals surface area contributed by atoms with Crippen molar-refractivity contribution in [3.63, 3.8) is 0 Å². The Morgan fingerprint density at radius 1 is 1.26 bits per heavy atom. The van der Waals surface area contributed by atoms with Gasteiger partial charge >= 0.3 is 5.97 Å². The molecule has 1 N–H and O–H groups in total. The van der Waals surface area contributed by atoms with Crippen molar-refractivity contribution < 1.29 is 24.2 Å². The van der Waals surface area contributed by atoms with Crippen LogP contribution in [0.3, 0.4) is 0 Å². The van der Waals surface area contributed by atoms with Gasteiger partial charge in [0.25, 0.3) is 0 Å². The molecule has 1 unspecified atom stereocenters. The molecule has 1 aromatic carbocycles. The van der Waals surface area contributed by atoms with E-state index < -0.39 is 5.97 Å². The van der Waals surface area contributed by atoms with Crippen molar-refractivity contribution >= 4 is 11.9 Å². The lowest BCUT2D eigenvalue weighted by atomic mass is 9.98. The quantitative estimate of drug-likeness (QED) is 0.733. The van der Waals surface area contributed by atoms with E-state index in [4.69, 9.17) is 14.6 Å². The topological polar surface area (TPSA) is 76.1 Å². The molecule has 6 heteroatoms. The van der Waals surface area contributed by atoms with Gasteiger partial charge in [0.05, 0.1) is 18.8 Å². The number of benzene rings is 1. The van der Waals surface area contributed by atoms with Gasteiger partial charge in [0.1, 0.15) is 6.61 Å². The molecule has 0 spiro atoms. The lowest BCUT2D eigenvalue weighted by molar-refractivity contribution is -0.135. The molecule has 1 atom stereocenters. The Hall–Kier alpha value is -1.92. The Morgan fingerprint density at radius 3 is 2.65 bits per heavy atom. The highest BCUT2D eigenvalue weighted by Crippen LogP contribution is 2.21. The van der Waals surface area contributed by atoms with Crippen LogP contribution in [0.4, 0.5) is 0 Å². The minimum Gasteiger partial charge on any atom is -0.478 e. The number of likely N-dealkylation sites (tertiary alicyclic amines) is 1. The maximum atomic E-state index is 12.0. The van der Waals surface area contributed by atoms with Crippen LogP contribution in [0.1, 0.15) is 22.3 Å². The van der Waals surface area contributed by atoms with Gasteiger partial charge in [-0.2, -0.15) is 0 Å². The third-order valence-corrected chi connectivity index (χ3v) is 4.02. The Morgan fingerprint density at radius 2 is 2.00 bits per heavy atom. The molecule has 0 bridgehead atoms. The van der Waals surface area contributed by atoms with Crippen LogP contribution in [0.25, 0.3) is 0 Å². The fourth-order valence-corrected chi connectivity index (χ4v) is 2.74. The van der Waals surface area contributed by atoms with Crippen molar-refractivity contribution in [1.29, 1.82) is 0 Å². The fourth-order valence-electron chi connectivity index (χ4n) is 2.74. The number of carbonyl (C=O) groups is 2. The van der Waals surface area contributed by atoms with Gasteiger partial charge in [-0.25, -0.2) is 4.79 Å². The number of methoxy groups -OCH3 is 1. The monoisotopic (exact) mass is 321 g/mol. The summed E-state index contributed by atoms with van der Waals surface area (Å²) in [4.78, 5) is 24.7. The van der Waals surface area contributed by atoms with Crippen molar-refractivity contribution in [2.24, 2.45) is 5.92 Å². The van der Waals surface area contributed by atoms with Crippen LogP contribution < -0.4 is 0 Å². The zero-order valence-electron chi connectivity index (χ0n) is 13.4.